The average molecular weight is 338 g/mol. The Morgan fingerprint density at radius 3 is 2.50 bits per heavy atom. The molecule has 0 bridgehead atoms. The molecule has 1 heterocycles. The lowest BCUT2D eigenvalue weighted by atomic mass is 10.1. The van der Waals surface area contributed by atoms with E-state index < -0.39 is 23.8 Å². The van der Waals surface area contributed by atoms with E-state index in [0.29, 0.717) is 0 Å². The van der Waals surface area contributed by atoms with Crippen LogP contribution in [0.4, 0.5) is 13.2 Å². The van der Waals surface area contributed by atoms with Crippen molar-refractivity contribution in [3.05, 3.63) is 59.9 Å². The summed E-state index contributed by atoms with van der Waals surface area (Å²) < 4.78 is 44.1. The third-order valence-electron chi connectivity index (χ3n) is 3.41. The van der Waals surface area contributed by atoms with E-state index in [2.05, 4.69) is 10.3 Å². The lowest BCUT2D eigenvalue weighted by Crippen LogP contribution is -2.38. The van der Waals surface area contributed by atoms with Gasteiger partial charge < -0.3 is 10.1 Å². The van der Waals surface area contributed by atoms with Crippen LogP contribution in [-0.4, -0.2) is 17.0 Å². The number of benzene rings is 1. The van der Waals surface area contributed by atoms with E-state index >= 15 is 0 Å². The number of ether oxygens (including phenoxy) is 1. The largest absolute Gasteiger partial charge is 0.480 e. The summed E-state index contributed by atoms with van der Waals surface area (Å²) in [5, 5.41) is 2.69. The van der Waals surface area contributed by atoms with Crippen LogP contribution in [0.15, 0.2) is 48.8 Å². The van der Waals surface area contributed by atoms with Crippen molar-refractivity contribution in [1.29, 1.82) is 0 Å². The molecule has 1 aromatic carbocycles. The van der Waals surface area contributed by atoms with Gasteiger partial charge in [0.2, 0.25) is 0 Å². The van der Waals surface area contributed by atoms with Crippen molar-refractivity contribution in [3.8, 4) is 5.75 Å². The first-order valence-corrected chi connectivity index (χ1v) is 7.32. The van der Waals surface area contributed by atoms with Gasteiger partial charge in [-0.1, -0.05) is 18.2 Å². The second-order valence-corrected chi connectivity index (χ2v) is 5.27. The van der Waals surface area contributed by atoms with Crippen molar-refractivity contribution in [2.45, 2.75) is 32.2 Å². The zero-order valence-electron chi connectivity index (χ0n) is 13.2. The van der Waals surface area contributed by atoms with Crippen LogP contribution in [0.1, 0.15) is 31.0 Å². The standard InChI is InChI=1S/C17H17F3N2O2/c1-11(13-6-5-9-21-10-13)22-16(23)12(2)24-15-8-4-3-7-14(15)17(18,19)20/h3-12H,1-2H3,(H,22,23)/t11-,12+/m0/s1. The summed E-state index contributed by atoms with van der Waals surface area (Å²) in [6.07, 6.45) is -2.41. The number of rotatable bonds is 5. The molecule has 128 valence electrons. The van der Waals surface area contributed by atoms with Gasteiger partial charge >= 0.3 is 6.18 Å². The molecule has 1 amide bonds. The number of alkyl halides is 3. The van der Waals surface area contributed by atoms with Gasteiger partial charge in [0.15, 0.2) is 6.10 Å². The van der Waals surface area contributed by atoms with Crippen LogP contribution in [0.25, 0.3) is 0 Å². The van der Waals surface area contributed by atoms with Gasteiger partial charge in [-0.05, 0) is 37.6 Å². The van der Waals surface area contributed by atoms with E-state index in [1.54, 1.807) is 31.5 Å². The number of para-hydroxylation sites is 1. The number of nitrogens with one attached hydrogen (secondary N) is 1. The predicted molar refractivity (Wildman–Crippen MR) is 82.3 cm³/mol. The molecule has 0 aliphatic heterocycles. The summed E-state index contributed by atoms with van der Waals surface area (Å²) in [5.74, 6) is -0.884. The molecule has 2 rings (SSSR count). The monoisotopic (exact) mass is 338 g/mol. The number of nitrogens with zero attached hydrogens (tertiary/aromatic N) is 1. The molecule has 0 unspecified atom stereocenters. The molecule has 2 atom stereocenters. The summed E-state index contributed by atoms with van der Waals surface area (Å²) in [6, 6.07) is 7.99. The Bertz CT molecular complexity index is 690. The summed E-state index contributed by atoms with van der Waals surface area (Å²) in [5.41, 5.74) is -0.126. The first-order valence-electron chi connectivity index (χ1n) is 7.32. The van der Waals surface area contributed by atoms with Gasteiger partial charge in [0, 0.05) is 12.4 Å². The fourth-order valence-corrected chi connectivity index (χ4v) is 2.09. The fraction of sp³-hybridized carbons (Fsp3) is 0.294. The van der Waals surface area contributed by atoms with Crippen molar-refractivity contribution >= 4 is 5.91 Å². The van der Waals surface area contributed by atoms with E-state index in [1.165, 1.54) is 25.1 Å². The molecule has 0 saturated heterocycles. The highest BCUT2D eigenvalue weighted by Gasteiger charge is 2.34. The normalized spacial score (nSPS) is 13.9. The number of pyridine rings is 1. The van der Waals surface area contributed by atoms with Crippen LogP contribution in [0, 0.1) is 0 Å². The molecule has 1 N–H and O–H groups in total. The minimum absolute atomic E-state index is 0.338. The van der Waals surface area contributed by atoms with Gasteiger partial charge in [0.1, 0.15) is 5.75 Å². The molecule has 7 heteroatoms. The minimum atomic E-state index is -4.55. The highest BCUT2D eigenvalue weighted by atomic mass is 19.4. The van der Waals surface area contributed by atoms with Crippen molar-refractivity contribution in [3.63, 3.8) is 0 Å². The fourth-order valence-electron chi connectivity index (χ4n) is 2.09. The second-order valence-electron chi connectivity index (χ2n) is 5.27. The van der Waals surface area contributed by atoms with Crippen molar-refractivity contribution in [2.75, 3.05) is 0 Å². The van der Waals surface area contributed by atoms with Gasteiger partial charge in [-0.2, -0.15) is 13.2 Å². The molecule has 0 spiro atoms. The number of hydrogen-bond donors (Lipinski definition) is 1. The van der Waals surface area contributed by atoms with Gasteiger partial charge in [0.25, 0.3) is 5.91 Å². The maximum atomic E-state index is 12.9. The summed E-state index contributed by atoms with van der Waals surface area (Å²) in [7, 11) is 0. The Morgan fingerprint density at radius 1 is 1.17 bits per heavy atom. The molecule has 0 radical (unpaired) electrons. The third-order valence-corrected chi connectivity index (χ3v) is 3.41. The zero-order chi connectivity index (χ0) is 17.7. The first-order chi connectivity index (χ1) is 11.3. The molecular weight excluding hydrogens is 321 g/mol. The van der Waals surface area contributed by atoms with Crippen LogP contribution in [0.2, 0.25) is 0 Å². The minimum Gasteiger partial charge on any atom is -0.480 e. The Balaban J connectivity index is 2.05. The number of amides is 1. The first kappa shape index (κ1) is 17.8. The van der Waals surface area contributed by atoms with E-state index in [4.69, 9.17) is 4.74 Å². The number of hydrogen-bond acceptors (Lipinski definition) is 3. The Morgan fingerprint density at radius 2 is 1.88 bits per heavy atom. The predicted octanol–water partition coefficient (Wildman–Crippen LogP) is 3.75. The molecule has 0 aliphatic carbocycles. The molecule has 0 aliphatic rings. The second kappa shape index (κ2) is 7.33. The Kier molecular flexibility index (Phi) is 5.43. The van der Waals surface area contributed by atoms with Crippen LogP contribution >= 0.6 is 0 Å². The molecule has 1 aromatic heterocycles. The molecule has 2 aromatic rings. The van der Waals surface area contributed by atoms with Gasteiger partial charge in [-0.15, -0.1) is 0 Å². The van der Waals surface area contributed by atoms with Gasteiger partial charge in [-0.3, -0.25) is 9.78 Å². The van der Waals surface area contributed by atoms with E-state index in [-0.39, 0.29) is 11.8 Å². The quantitative estimate of drug-likeness (QED) is 0.903. The zero-order valence-corrected chi connectivity index (χ0v) is 13.2. The number of halogens is 3. The lowest BCUT2D eigenvalue weighted by molar-refractivity contribution is -0.140. The van der Waals surface area contributed by atoms with Gasteiger partial charge in [-0.25, -0.2) is 0 Å². The SMILES string of the molecule is C[C@H](NC(=O)[C@@H](C)Oc1ccccc1C(F)(F)F)c1cccnc1. The smallest absolute Gasteiger partial charge is 0.419 e. The van der Waals surface area contributed by atoms with Gasteiger partial charge in [0.05, 0.1) is 11.6 Å². The van der Waals surface area contributed by atoms with Crippen molar-refractivity contribution in [1.82, 2.24) is 10.3 Å². The molecule has 4 nitrogen and oxygen atoms in total. The lowest BCUT2D eigenvalue weighted by Gasteiger charge is -2.20. The average Bonchev–Trinajstić information content (AvgIpc) is 2.55. The maximum Gasteiger partial charge on any atom is 0.419 e. The molecule has 0 fully saturated rings. The number of aromatic nitrogens is 1. The topological polar surface area (TPSA) is 51.2 Å². The highest BCUT2D eigenvalue weighted by Crippen LogP contribution is 2.36. The highest BCUT2D eigenvalue weighted by molar-refractivity contribution is 5.81. The van der Waals surface area contributed by atoms with Crippen LogP contribution in [-0.2, 0) is 11.0 Å². The van der Waals surface area contributed by atoms with E-state index in [1.807, 2.05) is 0 Å². The summed E-state index contributed by atoms with van der Waals surface area (Å²) in [6.45, 7) is 3.16. The van der Waals surface area contributed by atoms with E-state index in [0.717, 1.165) is 11.6 Å². The van der Waals surface area contributed by atoms with E-state index in [9.17, 15) is 18.0 Å². The molecular formula is C17H17F3N2O2. The Hall–Kier alpha value is -2.57. The Labute approximate surface area is 137 Å². The molecule has 0 saturated carbocycles. The molecule has 24 heavy (non-hydrogen) atoms. The maximum absolute atomic E-state index is 12.9. The summed E-state index contributed by atoms with van der Waals surface area (Å²) in [4.78, 5) is 16.1. The van der Waals surface area contributed by atoms with Crippen molar-refractivity contribution in [2.24, 2.45) is 0 Å². The third kappa shape index (κ3) is 4.47. The van der Waals surface area contributed by atoms with Crippen LogP contribution in [0.3, 0.4) is 0 Å². The summed E-state index contributed by atoms with van der Waals surface area (Å²) >= 11 is 0. The number of carbonyl (C=O) groups excluding carboxylic acids is 1. The number of carbonyl (C=O) groups is 1. The van der Waals surface area contributed by atoms with Crippen LogP contribution in [0.5, 0.6) is 5.75 Å². The van der Waals surface area contributed by atoms with Crippen molar-refractivity contribution < 1.29 is 22.7 Å². The van der Waals surface area contributed by atoms with Crippen LogP contribution < -0.4 is 10.1 Å².